The Kier molecular flexibility index (Phi) is 8.35. The van der Waals surface area contributed by atoms with Crippen molar-refractivity contribution in [2.45, 2.75) is 12.8 Å². The SMILES string of the molecule is N#CC(C#N)COC(=O)CCC(=O)OCC(C#N)C#N. The van der Waals surface area contributed by atoms with Crippen molar-refractivity contribution in [3.05, 3.63) is 0 Å². The van der Waals surface area contributed by atoms with Crippen LogP contribution in [0.3, 0.4) is 0 Å². The van der Waals surface area contributed by atoms with Crippen molar-refractivity contribution in [1.82, 2.24) is 0 Å². The molecule has 0 aliphatic rings. The van der Waals surface area contributed by atoms with Gasteiger partial charge in [-0.25, -0.2) is 0 Å². The fraction of sp³-hybridized carbons (Fsp3) is 0.500. The molecule has 0 heterocycles. The van der Waals surface area contributed by atoms with Crippen LogP contribution in [-0.2, 0) is 19.1 Å². The van der Waals surface area contributed by atoms with Gasteiger partial charge in [0.15, 0.2) is 11.8 Å². The molecule has 0 rings (SSSR count). The van der Waals surface area contributed by atoms with E-state index in [1.54, 1.807) is 24.3 Å². The van der Waals surface area contributed by atoms with Gasteiger partial charge in [0.1, 0.15) is 13.2 Å². The first kappa shape index (κ1) is 16.9. The van der Waals surface area contributed by atoms with Gasteiger partial charge in [0.2, 0.25) is 0 Å². The van der Waals surface area contributed by atoms with Crippen LogP contribution in [0, 0.1) is 57.2 Å². The van der Waals surface area contributed by atoms with Gasteiger partial charge in [-0.15, -0.1) is 0 Å². The Hall–Kier alpha value is -3.10. The van der Waals surface area contributed by atoms with Gasteiger partial charge in [-0.05, 0) is 0 Å². The highest BCUT2D eigenvalue weighted by atomic mass is 16.5. The summed E-state index contributed by atoms with van der Waals surface area (Å²) in [7, 11) is 0. The van der Waals surface area contributed by atoms with E-state index in [0.717, 1.165) is 0 Å². The van der Waals surface area contributed by atoms with Crippen LogP contribution in [-0.4, -0.2) is 25.2 Å². The van der Waals surface area contributed by atoms with Gasteiger partial charge in [0, 0.05) is 0 Å². The second-order valence-electron chi connectivity index (χ2n) is 3.49. The Morgan fingerprint density at radius 1 is 0.750 bits per heavy atom. The summed E-state index contributed by atoms with van der Waals surface area (Å²) >= 11 is 0. The van der Waals surface area contributed by atoms with E-state index in [2.05, 4.69) is 9.47 Å². The van der Waals surface area contributed by atoms with Crippen LogP contribution in [0.15, 0.2) is 0 Å². The predicted octanol–water partition coefficient (Wildman–Crippen LogP) is 0.180. The van der Waals surface area contributed by atoms with E-state index in [0.29, 0.717) is 0 Å². The van der Waals surface area contributed by atoms with Gasteiger partial charge < -0.3 is 9.47 Å². The van der Waals surface area contributed by atoms with E-state index < -0.39 is 23.8 Å². The zero-order chi connectivity index (χ0) is 15.4. The lowest BCUT2D eigenvalue weighted by atomic mass is 10.2. The maximum absolute atomic E-state index is 11.2. The molecule has 8 heteroatoms. The number of nitrogens with zero attached hydrogens (tertiary/aromatic N) is 4. The normalized spacial score (nSPS) is 8.90. The molecule has 0 bridgehead atoms. The lowest BCUT2D eigenvalue weighted by Gasteiger charge is -2.05. The molecule has 0 spiro atoms. The molecule has 0 aliphatic carbocycles. The fourth-order valence-electron chi connectivity index (χ4n) is 0.908. The van der Waals surface area contributed by atoms with Crippen molar-refractivity contribution >= 4 is 11.9 Å². The van der Waals surface area contributed by atoms with Crippen molar-refractivity contribution < 1.29 is 19.1 Å². The third kappa shape index (κ3) is 7.27. The second kappa shape index (κ2) is 9.88. The Morgan fingerprint density at radius 3 is 1.30 bits per heavy atom. The van der Waals surface area contributed by atoms with E-state index >= 15 is 0 Å². The average molecular weight is 274 g/mol. The first-order valence-electron chi connectivity index (χ1n) is 5.47. The highest BCUT2D eigenvalue weighted by Crippen LogP contribution is 2.01. The van der Waals surface area contributed by atoms with Crippen molar-refractivity contribution in [2.75, 3.05) is 13.2 Å². The maximum atomic E-state index is 11.2. The summed E-state index contributed by atoms with van der Waals surface area (Å²) in [6, 6.07) is 6.51. The van der Waals surface area contributed by atoms with Crippen LogP contribution in [0.5, 0.6) is 0 Å². The Bertz CT molecular complexity index is 442. The minimum Gasteiger partial charge on any atom is -0.463 e. The highest BCUT2D eigenvalue weighted by molar-refractivity contribution is 5.77. The third-order valence-electron chi connectivity index (χ3n) is 1.98. The van der Waals surface area contributed by atoms with Crippen LogP contribution >= 0.6 is 0 Å². The quantitative estimate of drug-likeness (QED) is 0.597. The van der Waals surface area contributed by atoms with Gasteiger partial charge in [-0.1, -0.05) is 0 Å². The largest absolute Gasteiger partial charge is 0.463 e. The van der Waals surface area contributed by atoms with Crippen molar-refractivity contribution in [1.29, 1.82) is 21.0 Å². The molecule has 0 saturated carbocycles. The number of nitriles is 4. The summed E-state index contributed by atoms with van der Waals surface area (Å²) in [5.74, 6) is -3.57. The monoisotopic (exact) mass is 274 g/mol. The van der Waals surface area contributed by atoms with Gasteiger partial charge in [-0.2, -0.15) is 21.0 Å². The molecule has 0 saturated heterocycles. The minimum absolute atomic E-state index is 0.272. The molecule has 0 N–H and O–H groups in total. The zero-order valence-corrected chi connectivity index (χ0v) is 10.4. The summed E-state index contributed by atoms with van der Waals surface area (Å²) < 4.78 is 9.22. The van der Waals surface area contributed by atoms with Crippen LogP contribution in [0.1, 0.15) is 12.8 Å². The fourth-order valence-corrected chi connectivity index (χ4v) is 0.908. The summed E-state index contributed by atoms with van der Waals surface area (Å²) in [6.07, 6.45) is -0.543. The number of esters is 2. The molecule has 20 heavy (non-hydrogen) atoms. The molecule has 102 valence electrons. The smallest absolute Gasteiger partial charge is 0.306 e. The minimum atomic E-state index is -1.04. The van der Waals surface area contributed by atoms with Crippen molar-refractivity contribution in [3.63, 3.8) is 0 Å². The molecule has 0 unspecified atom stereocenters. The molecular weight excluding hydrogens is 264 g/mol. The molecule has 0 atom stereocenters. The van der Waals surface area contributed by atoms with Crippen LogP contribution in [0.25, 0.3) is 0 Å². The first-order chi connectivity index (χ1) is 9.57. The van der Waals surface area contributed by atoms with Crippen LogP contribution in [0.4, 0.5) is 0 Å². The Morgan fingerprint density at radius 2 is 1.05 bits per heavy atom. The number of hydrogen-bond acceptors (Lipinski definition) is 8. The molecule has 0 radical (unpaired) electrons. The van der Waals surface area contributed by atoms with Crippen molar-refractivity contribution in [2.24, 2.45) is 11.8 Å². The zero-order valence-electron chi connectivity index (χ0n) is 10.4. The number of rotatable bonds is 7. The third-order valence-corrected chi connectivity index (χ3v) is 1.98. The van der Waals surface area contributed by atoms with E-state index in [1.165, 1.54) is 0 Å². The van der Waals surface area contributed by atoms with Gasteiger partial charge in [-0.3, -0.25) is 9.59 Å². The molecule has 0 amide bonds. The predicted molar refractivity (Wildman–Crippen MR) is 60.6 cm³/mol. The lowest BCUT2D eigenvalue weighted by Crippen LogP contribution is -2.15. The van der Waals surface area contributed by atoms with Crippen LogP contribution < -0.4 is 0 Å². The summed E-state index contributed by atoms with van der Waals surface area (Å²) in [4.78, 5) is 22.4. The number of carbonyl (C=O) groups excluding carboxylic acids is 2. The molecule has 0 fully saturated rings. The highest BCUT2D eigenvalue weighted by Gasteiger charge is 2.14. The maximum Gasteiger partial charge on any atom is 0.306 e. The summed E-state index contributed by atoms with van der Waals surface area (Å²) in [6.45, 7) is -0.711. The Balaban J connectivity index is 3.89. The first-order valence-corrected chi connectivity index (χ1v) is 5.47. The van der Waals surface area contributed by atoms with Gasteiger partial charge in [0.05, 0.1) is 37.1 Å². The number of ether oxygens (including phenoxy) is 2. The van der Waals surface area contributed by atoms with E-state index in [1.807, 2.05) is 0 Å². The Labute approximate surface area is 115 Å². The molecule has 0 aromatic rings. The topological polar surface area (TPSA) is 148 Å². The standard InChI is InChI=1S/C12H10N4O4/c13-3-9(4-14)7-19-11(17)1-2-12(18)20-8-10(5-15)6-16/h9-10H,1-2,7-8H2. The molecule has 0 aromatic heterocycles. The van der Waals surface area contributed by atoms with Gasteiger partial charge in [0.25, 0.3) is 0 Å². The van der Waals surface area contributed by atoms with Crippen molar-refractivity contribution in [3.8, 4) is 24.3 Å². The average Bonchev–Trinajstić information content (AvgIpc) is 2.47. The number of carbonyl (C=O) groups is 2. The van der Waals surface area contributed by atoms with E-state index in [4.69, 9.17) is 21.0 Å². The molecule has 8 nitrogen and oxygen atoms in total. The summed E-state index contributed by atoms with van der Waals surface area (Å²) in [5.41, 5.74) is 0. The lowest BCUT2D eigenvalue weighted by molar-refractivity contribution is -0.150. The van der Waals surface area contributed by atoms with Gasteiger partial charge >= 0.3 is 11.9 Å². The number of hydrogen-bond donors (Lipinski definition) is 0. The second-order valence-corrected chi connectivity index (χ2v) is 3.49. The molecule has 0 aromatic carbocycles. The van der Waals surface area contributed by atoms with E-state index in [-0.39, 0.29) is 26.1 Å². The molecular formula is C12H10N4O4. The molecule has 0 aliphatic heterocycles. The van der Waals surface area contributed by atoms with E-state index in [9.17, 15) is 9.59 Å². The van der Waals surface area contributed by atoms with Crippen LogP contribution in [0.2, 0.25) is 0 Å². The summed E-state index contributed by atoms with van der Waals surface area (Å²) in [5, 5.41) is 33.7.